The fourth-order valence-electron chi connectivity index (χ4n) is 1.68. The molecule has 0 aliphatic rings. The van der Waals surface area contributed by atoms with E-state index in [0.29, 0.717) is 0 Å². The van der Waals surface area contributed by atoms with Gasteiger partial charge in [0.15, 0.2) is 9.84 Å². The van der Waals surface area contributed by atoms with Gasteiger partial charge in [-0.05, 0) is 25.1 Å². The van der Waals surface area contributed by atoms with Crippen LogP contribution in [0.1, 0.15) is 17.3 Å². The van der Waals surface area contributed by atoms with E-state index in [0.717, 1.165) is 6.26 Å². The molecule has 1 atom stereocenters. The van der Waals surface area contributed by atoms with E-state index in [1.54, 1.807) is 14.0 Å². The summed E-state index contributed by atoms with van der Waals surface area (Å²) in [6.45, 7) is 1.97. The van der Waals surface area contributed by atoms with E-state index >= 15 is 0 Å². The average molecular weight is 315 g/mol. The summed E-state index contributed by atoms with van der Waals surface area (Å²) in [5, 5.41) is 8.82. The standard InChI is InChI=1S/C13H15ClN2O3S/c1-9(7-15)8-16(2)13(17)10-4-5-11(14)12(6-10)20(3,18)19/h4-6,9H,8H2,1-3H3/t9-/m0/s1. The molecule has 7 heteroatoms. The summed E-state index contributed by atoms with van der Waals surface area (Å²) in [6, 6.07) is 6.14. The third kappa shape index (κ3) is 3.95. The van der Waals surface area contributed by atoms with Crippen molar-refractivity contribution in [1.82, 2.24) is 4.90 Å². The summed E-state index contributed by atoms with van der Waals surface area (Å²) in [6.07, 6.45) is 1.03. The average Bonchev–Trinajstić information content (AvgIpc) is 2.36. The molecule has 1 aromatic carbocycles. The Balaban J connectivity index is 3.10. The molecule has 1 amide bonds. The van der Waals surface area contributed by atoms with Crippen LogP contribution < -0.4 is 0 Å². The Morgan fingerprint density at radius 2 is 2.10 bits per heavy atom. The van der Waals surface area contributed by atoms with Gasteiger partial charge in [-0.3, -0.25) is 4.79 Å². The van der Waals surface area contributed by atoms with Gasteiger partial charge in [-0.2, -0.15) is 5.26 Å². The molecule has 0 N–H and O–H groups in total. The molecule has 20 heavy (non-hydrogen) atoms. The highest BCUT2D eigenvalue weighted by Crippen LogP contribution is 2.23. The lowest BCUT2D eigenvalue weighted by Gasteiger charge is -2.18. The van der Waals surface area contributed by atoms with Crippen LogP contribution in [0, 0.1) is 17.2 Å². The molecule has 1 rings (SSSR count). The molecular formula is C13H15ClN2O3S. The Morgan fingerprint density at radius 3 is 2.60 bits per heavy atom. The van der Waals surface area contributed by atoms with Crippen molar-refractivity contribution in [3.8, 4) is 6.07 Å². The maximum Gasteiger partial charge on any atom is 0.253 e. The summed E-state index contributed by atoms with van der Waals surface area (Å²) in [4.78, 5) is 13.5. The third-order valence-electron chi connectivity index (χ3n) is 2.69. The zero-order valence-electron chi connectivity index (χ0n) is 11.4. The van der Waals surface area contributed by atoms with E-state index in [9.17, 15) is 13.2 Å². The molecule has 1 aromatic rings. The number of hydrogen-bond acceptors (Lipinski definition) is 4. The molecule has 0 fully saturated rings. The fourth-order valence-corrected chi connectivity index (χ4v) is 2.98. The van der Waals surface area contributed by atoms with Crippen LogP contribution in [-0.4, -0.2) is 39.1 Å². The first-order chi connectivity index (χ1) is 9.16. The molecule has 0 unspecified atom stereocenters. The molecule has 0 spiro atoms. The van der Waals surface area contributed by atoms with Crippen LogP contribution >= 0.6 is 11.6 Å². The van der Waals surface area contributed by atoms with Crippen LogP contribution in [0.25, 0.3) is 0 Å². The highest BCUT2D eigenvalue weighted by atomic mass is 35.5. The van der Waals surface area contributed by atoms with E-state index in [2.05, 4.69) is 0 Å². The van der Waals surface area contributed by atoms with E-state index < -0.39 is 9.84 Å². The smallest absolute Gasteiger partial charge is 0.253 e. The van der Waals surface area contributed by atoms with E-state index in [1.165, 1.54) is 23.1 Å². The first kappa shape index (κ1) is 16.5. The maximum atomic E-state index is 12.2. The lowest BCUT2D eigenvalue weighted by atomic mass is 10.1. The molecule has 0 heterocycles. The van der Waals surface area contributed by atoms with Crippen molar-refractivity contribution in [3.63, 3.8) is 0 Å². The van der Waals surface area contributed by atoms with Gasteiger partial charge in [0.1, 0.15) is 0 Å². The van der Waals surface area contributed by atoms with Crippen molar-refractivity contribution in [2.24, 2.45) is 5.92 Å². The Labute approximate surface area is 123 Å². The van der Waals surface area contributed by atoms with Crippen LogP contribution in [0.4, 0.5) is 0 Å². The molecule has 0 aliphatic carbocycles. The zero-order valence-corrected chi connectivity index (χ0v) is 13.0. The number of amides is 1. The van der Waals surface area contributed by atoms with Crippen LogP contribution in [0.5, 0.6) is 0 Å². The van der Waals surface area contributed by atoms with Crippen LogP contribution in [0.15, 0.2) is 23.1 Å². The van der Waals surface area contributed by atoms with Gasteiger partial charge in [-0.15, -0.1) is 0 Å². The van der Waals surface area contributed by atoms with Crippen molar-refractivity contribution < 1.29 is 13.2 Å². The molecule has 0 aliphatic heterocycles. The number of nitriles is 1. The van der Waals surface area contributed by atoms with Gasteiger partial charge in [0.2, 0.25) is 0 Å². The minimum absolute atomic E-state index is 0.0771. The van der Waals surface area contributed by atoms with Crippen LogP contribution in [0.2, 0.25) is 5.02 Å². The largest absolute Gasteiger partial charge is 0.340 e. The molecule has 0 radical (unpaired) electrons. The second-order valence-electron chi connectivity index (χ2n) is 4.63. The first-order valence-electron chi connectivity index (χ1n) is 5.81. The molecule has 0 aromatic heterocycles. The number of sulfone groups is 1. The van der Waals surface area contributed by atoms with Gasteiger partial charge in [0, 0.05) is 25.4 Å². The summed E-state index contributed by atoms with van der Waals surface area (Å²) in [5.41, 5.74) is 0.225. The maximum absolute atomic E-state index is 12.2. The van der Waals surface area contributed by atoms with E-state index in [1.807, 2.05) is 6.07 Å². The minimum Gasteiger partial charge on any atom is -0.340 e. The number of rotatable bonds is 4. The number of nitrogens with zero attached hydrogens (tertiary/aromatic N) is 2. The Kier molecular flexibility index (Phi) is 5.15. The summed E-state index contributed by atoms with van der Waals surface area (Å²) in [7, 11) is -1.94. The van der Waals surface area contributed by atoms with Gasteiger partial charge in [0.05, 0.1) is 21.9 Å². The molecule has 5 nitrogen and oxygen atoms in total. The Morgan fingerprint density at radius 1 is 1.50 bits per heavy atom. The molecule has 108 valence electrons. The van der Waals surface area contributed by atoms with Gasteiger partial charge in [-0.1, -0.05) is 11.6 Å². The Bertz CT molecular complexity index is 665. The lowest BCUT2D eigenvalue weighted by Crippen LogP contribution is -2.30. The van der Waals surface area contributed by atoms with E-state index in [-0.39, 0.29) is 33.9 Å². The van der Waals surface area contributed by atoms with Gasteiger partial charge < -0.3 is 4.90 Å². The number of benzene rings is 1. The van der Waals surface area contributed by atoms with Crippen molar-refractivity contribution >= 4 is 27.3 Å². The minimum atomic E-state index is -3.50. The van der Waals surface area contributed by atoms with Crippen LogP contribution in [-0.2, 0) is 9.84 Å². The lowest BCUT2D eigenvalue weighted by molar-refractivity contribution is 0.0785. The predicted octanol–water partition coefficient (Wildman–Crippen LogP) is 1.98. The molecule has 0 saturated heterocycles. The third-order valence-corrected chi connectivity index (χ3v) is 4.27. The molecule has 0 bridgehead atoms. The van der Waals surface area contributed by atoms with Gasteiger partial charge >= 0.3 is 0 Å². The van der Waals surface area contributed by atoms with Crippen molar-refractivity contribution in [1.29, 1.82) is 5.26 Å². The highest BCUT2D eigenvalue weighted by Gasteiger charge is 2.19. The van der Waals surface area contributed by atoms with Gasteiger partial charge in [-0.25, -0.2) is 8.42 Å². The monoisotopic (exact) mass is 314 g/mol. The first-order valence-corrected chi connectivity index (χ1v) is 8.08. The fraction of sp³-hybridized carbons (Fsp3) is 0.385. The number of halogens is 1. The Hall–Kier alpha value is -1.58. The number of carbonyl (C=O) groups is 1. The highest BCUT2D eigenvalue weighted by molar-refractivity contribution is 7.90. The van der Waals surface area contributed by atoms with Crippen molar-refractivity contribution in [3.05, 3.63) is 28.8 Å². The number of hydrogen-bond donors (Lipinski definition) is 0. The summed E-state index contributed by atoms with van der Waals surface area (Å²) >= 11 is 5.82. The van der Waals surface area contributed by atoms with E-state index in [4.69, 9.17) is 16.9 Å². The van der Waals surface area contributed by atoms with Crippen molar-refractivity contribution in [2.45, 2.75) is 11.8 Å². The topological polar surface area (TPSA) is 78.2 Å². The molecule has 0 saturated carbocycles. The second-order valence-corrected chi connectivity index (χ2v) is 7.02. The normalized spacial score (nSPS) is 12.6. The summed E-state index contributed by atoms with van der Waals surface area (Å²) < 4.78 is 23.1. The second kappa shape index (κ2) is 6.25. The predicted molar refractivity (Wildman–Crippen MR) is 76.3 cm³/mol. The van der Waals surface area contributed by atoms with Crippen molar-refractivity contribution in [2.75, 3.05) is 19.8 Å². The van der Waals surface area contributed by atoms with Gasteiger partial charge in [0.25, 0.3) is 5.91 Å². The quantitative estimate of drug-likeness (QED) is 0.851. The van der Waals surface area contributed by atoms with Crippen LogP contribution in [0.3, 0.4) is 0 Å². The zero-order chi connectivity index (χ0) is 15.5. The molecular weight excluding hydrogens is 300 g/mol. The number of carbonyl (C=O) groups excluding carboxylic acids is 1. The SMILES string of the molecule is C[C@@H](C#N)CN(C)C(=O)c1ccc(Cl)c(S(C)(=O)=O)c1. The summed E-state index contributed by atoms with van der Waals surface area (Å²) in [5.74, 6) is -0.653.